The Morgan fingerprint density at radius 3 is 2.29 bits per heavy atom. The fourth-order valence-corrected chi connectivity index (χ4v) is 4.63. The molecule has 2 N–H and O–H groups in total. The third kappa shape index (κ3) is 6.97. The van der Waals surface area contributed by atoms with Crippen LogP contribution in [0.1, 0.15) is 24.0 Å². The highest BCUT2D eigenvalue weighted by atomic mass is 35.5. The fourth-order valence-electron chi connectivity index (χ4n) is 4.10. The maximum Gasteiger partial charge on any atom is 0.340 e. The standard InChI is InChI=1S/C29H25Cl2N3O7/c1-16-25(29(38)40-3)24(28(37)34(16)15-17-4-6-21(39-2)7-5-17)13-22-8-9-23(41-22)14-32-26(35)27(36)33-20-11-18(30)10-19(31)12-20/h4-13H,14-15H2,1-3H3,(H,32,35)(H,33,36)/b24-13+. The number of allylic oxidation sites excluding steroid dienone is 1. The van der Waals surface area contributed by atoms with E-state index >= 15 is 0 Å². The molecule has 2 aromatic carbocycles. The number of halogens is 2. The number of furan rings is 1. The van der Waals surface area contributed by atoms with Crippen molar-refractivity contribution in [2.24, 2.45) is 0 Å². The van der Waals surface area contributed by atoms with Gasteiger partial charge in [-0.1, -0.05) is 35.3 Å². The monoisotopic (exact) mass is 597 g/mol. The van der Waals surface area contributed by atoms with Crippen molar-refractivity contribution in [3.05, 3.63) is 98.6 Å². The van der Waals surface area contributed by atoms with Crippen molar-refractivity contribution in [1.29, 1.82) is 0 Å². The molecule has 0 radical (unpaired) electrons. The Labute approximate surface area is 245 Å². The Bertz CT molecular complexity index is 1550. The highest BCUT2D eigenvalue weighted by Crippen LogP contribution is 2.33. The lowest BCUT2D eigenvalue weighted by Gasteiger charge is -2.18. The lowest BCUT2D eigenvalue weighted by Crippen LogP contribution is -2.34. The van der Waals surface area contributed by atoms with E-state index in [1.807, 2.05) is 12.1 Å². The average molecular weight is 598 g/mol. The van der Waals surface area contributed by atoms with Crippen molar-refractivity contribution in [2.75, 3.05) is 19.5 Å². The van der Waals surface area contributed by atoms with Gasteiger partial charge >= 0.3 is 17.8 Å². The molecule has 0 bridgehead atoms. The molecule has 0 spiro atoms. The summed E-state index contributed by atoms with van der Waals surface area (Å²) in [5.41, 5.74) is 1.77. The highest BCUT2D eigenvalue weighted by molar-refractivity contribution is 6.40. The van der Waals surface area contributed by atoms with Crippen molar-refractivity contribution < 1.29 is 33.1 Å². The fraction of sp³-hybridized carbons (Fsp3) is 0.172. The summed E-state index contributed by atoms with van der Waals surface area (Å²) in [5.74, 6) is -1.65. The number of carbonyl (C=O) groups excluding carboxylic acids is 4. The summed E-state index contributed by atoms with van der Waals surface area (Å²) < 4.78 is 15.8. The number of esters is 1. The molecular weight excluding hydrogens is 573 g/mol. The number of carbonyl (C=O) groups is 4. The van der Waals surface area contributed by atoms with Gasteiger partial charge < -0.3 is 29.4 Å². The number of hydrogen-bond donors (Lipinski definition) is 2. The van der Waals surface area contributed by atoms with Gasteiger partial charge in [0.15, 0.2) is 0 Å². The van der Waals surface area contributed by atoms with Crippen LogP contribution in [0.2, 0.25) is 10.0 Å². The lowest BCUT2D eigenvalue weighted by atomic mass is 10.1. The van der Waals surface area contributed by atoms with E-state index in [1.54, 1.807) is 38.3 Å². The minimum absolute atomic E-state index is 0.104. The van der Waals surface area contributed by atoms with Crippen LogP contribution >= 0.6 is 23.2 Å². The summed E-state index contributed by atoms with van der Waals surface area (Å²) in [6.45, 7) is 1.79. The zero-order chi connectivity index (χ0) is 29.7. The van der Waals surface area contributed by atoms with Gasteiger partial charge in [0.1, 0.15) is 17.3 Å². The molecule has 0 aliphatic carbocycles. The first kappa shape index (κ1) is 29.4. The molecule has 0 unspecified atom stereocenters. The predicted octanol–water partition coefficient (Wildman–Crippen LogP) is 4.72. The normalized spacial score (nSPS) is 13.9. The van der Waals surface area contributed by atoms with Crippen LogP contribution in [-0.4, -0.2) is 42.8 Å². The molecule has 0 fully saturated rings. The van der Waals surface area contributed by atoms with Gasteiger partial charge in [-0.05, 0) is 61.0 Å². The quantitative estimate of drug-likeness (QED) is 0.218. The van der Waals surface area contributed by atoms with E-state index in [9.17, 15) is 19.2 Å². The van der Waals surface area contributed by atoms with Crippen LogP contribution in [-0.2, 0) is 37.0 Å². The predicted molar refractivity (Wildman–Crippen MR) is 152 cm³/mol. The molecule has 1 aromatic heterocycles. The smallest absolute Gasteiger partial charge is 0.340 e. The molecule has 3 amide bonds. The number of nitrogens with one attached hydrogen (secondary N) is 2. The maximum absolute atomic E-state index is 13.4. The van der Waals surface area contributed by atoms with E-state index in [-0.39, 0.29) is 35.7 Å². The Morgan fingerprint density at radius 1 is 0.976 bits per heavy atom. The molecule has 4 rings (SSSR count). The Morgan fingerprint density at radius 2 is 1.66 bits per heavy atom. The topological polar surface area (TPSA) is 127 Å². The second-order valence-electron chi connectivity index (χ2n) is 8.85. The van der Waals surface area contributed by atoms with Crippen molar-refractivity contribution in [1.82, 2.24) is 10.2 Å². The van der Waals surface area contributed by atoms with E-state index in [4.69, 9.17) is 37.1 Å². The van der Waals surface area contributed by atoms with Crippen LogP contribution in [0, 0.1) is 0 Å². The largest absolute Gasteiger partial charge is 0.497 e. The summed E-state index contributed by atoms with van der Waals surface area (Å²) in [4.78, 5) is 52.0. The molecule has 3 aromatic rings. The summed E-state index contributed by atoms with van der Waals surface area (Å²) in [6.07, 6.45) is 1.44. The zero-order valence-electron chi connectivity index (χ0n) is 22.2. The minimum Gasteiger partial charge on any atom is -0.497 e. The minimum atomic E-state index is -0.922. The van der Waals surface area contributed by atoms with Crippen molar-refractivity contribution in [3.63, 3.8) is 0 Å². The highest BCUT2D eigenvalue weighted by Gasteiger charge is 2.37. The van der Waals surface area contributed by atoms with Gasteiger partial charge in [0.2, 0.25) is 0 Å². The Hall–Kier alpha value is -4.54. The molecule has 12 heteroatoms. The second kappa shape index (κ2) is 12.8. The summed E-state index contributed by atoms with van der Waals surface area (Å²) >= 11 is 11.8. The third-order valence-electron chi connectivity index (χ3n) is 6.12. The van der Waals surface area contributed by atoms with E-state index in [0.717, 1.165) is 5.56 Å². The van der Waals surface area contributed by atoms with Gasteiger partial charge in [0.05, 0.1) is 38.5 Å². The van der Waals surface area contributed by atoms with E-state index in [2.05, 4.69) is 10.6 Å². The summed E-state index contributed by atoms with van der Waals surface area (Å²) in [5, 5.41) is 5.47. The van der Waals surface area contributed by atoms with Crippen LogP contribution < -0.4 is 15.4 Å². The molecule has 0 atom stereocenters. The molecule has 0 saturated carbocycles. The van der Waals surface area contributed by atoms with Gasteiger partial charge in [-0.15, -0.1) is 0 Å². The van der Waals surface area contributed by atoms with E-state index in [1.165, 1.54) is 36.3 Å². The molecule has 2 heterocycles. The van der Waals surface area contributed by atoms with Crippen LogP contribution in [0.25, 0.3) is 6.08 Å². The van der Waals surface area contributed by atoms with Gasteiger partial charge in [-0.3, -0.25) is 14.4 Å². The van der Waals surface area contributed by atoms with Gasteiger partial charge in [-0.2, -0.15) is 0 Å². The molecular formula is C29H25Cl2N3O7. The third-order valence-corrected chi connectivity index (χ3v) is 6.56. The molecule has 0 saturated heterocycles. The maximum atomic E-state index is 13.4. The first-order chi connectivity index (χ1) is 19.6. The Balaban J connectivity index is 1.46. The van der Waals surface area contributed by atoms with Gasteiger partial charge in [0.25, 0.3) is 5.91 Å². The van der Waals surface area contributed by atoms with Crippen molar-refractivity contribution in [3.8, 4) is 5.75 Å². The van der Waals surface area contributed by atoms with Crippen molar-refractivity contribution >= 4 is 58.7 Å². The number of rotatable bonds is 8. The van der Waals surface area contributed by atoms with Crippen LogP contribution in [0.5, 0.6) is 5.75 Å². The molecule has 41 heavy (non-hydrogen) atoms. The lowest BCUT2D eigenvalue weighted by molar-refractivity contribution is -0.136. The number of benzene rings is 2. The first-order valence-corrected chi connectivity index (χ1v) is 12.9. The zero-order valence-corrected chi connectivity index (χ0v) is 23.8. The summed E-state index contributed by atoms with van der Waals surface area (Å²) in [6, 6.07) is 14.8. The molecule has 212 valence electrons. The van der Waals surface area contributed by atoms with Crippen LogP contribution in [0.3, 0.4) is 0 Å². The van der Waals surface area contributed by atoms with Gasteiger partial charge in [-0.25, -0.2) is 4.79 Å². The number of ether oxygens (including phenoxy) is 2. The average Bonchev–Trinajstić information content (AvgIpc) is 3.49. The second-order valence-corrected chi connectivity index (χ2v) is 9.72. The SMILES string of the molecule is COC(=O)C1=C(C)N(Cc2ccc(OC)cc2)C(=O)/C1=C/c1ccc(CNC(=O)C(=O)Nc2cc(Cl)cc(Cl)c2)o1. The number of amides is 3. The van der Waals surface area contributed by atoms with Gasteiger partial charge in [0, 0.05) is 21.4 Å². The number of methoxy groups -OCH3 is 2. The summed E-state index contributed by atoms with van der Waals surface area (Å²) in [7, 11) is 2.80. The van der Waals surface area contributed by atoms with Crippen molar-refractivity contribution in [2.45, 2.75) is 20.0 Å². The van der Waals surface area contributed by atoms with E-state index in [0.29, 0.717) is 27.3 Å². The molecule has 1 aliphatic rings. The number of anilines is 1. The van der Waals surface area contributed by atoms with E-state index < -0.39 is 23.7 Å². The van der Waals surface area contributed by atoms with Crippen LogP contribution in [0.15, 0.2) is 75.9 Å². The molecule has 10 nitrogen and oxygen atoms in total. The van der Waals surface area contributed by atoms with Crippen LogP contribution in [0.4, 0.5) is 5.69 Å². The number of hydrogen-bond acceptors (Lipinski definition) is 7. The molecule has 1 aliphatic heterocycles. The number of nitrogens with zero attached hydrogens (tertiary/aromatic N) is 1. The first-order valence-electron chi connectivity index (χ1n) is 12.2. The Kier molecular flexibility index (Phi) is 9.16.